The van der Waals surface area contributed by atoms with Crippen LogP contribution in [0.3, 0.4) is 0 Å². The fourth-order valence-electron chi connectivity index (χ4n) is 3.23. The zero-order valence-electron chi connectivity index (χ0n) is 14.8. The van der Waals surface area contributed by atoms with Gasteiger partial charge in [0, 0.05) is 37.1 Å². The molecule has 1 unspecified atom stereocenters. The first kappa shape index (κ1) is 18.8. The van der Waals surface area contributed by atoms with E-state index in [1.807, 2.05) is 6.07 Å². The summed E-state index contributed by atoms with van der Waals surface area (Å²) < 4.78 is 5.34. The second-order valence-corrected chi connectivity index (χ2v) is 6.39. The fourth-order valence-corrected chi connectivity index (χ4v) is 3.23. The van der Waals surface area contributed by atoms with Gasteiger partial charge in [0.25, 0.3) is 5.91 Å². The standard InChI is InChI=1S/C20H20N2O5/c23-10-1-2-11-27-12-4-6-14-5-3-7-15-16(14)13-22(20(15)26)17-8-9-18(24)21-19(17)25/h3,5,7,10,17H,1-2,8-9,11-13H2,(H,21,24,25). The van der Waals surface area contributed by atoms with Crippen LogP contribution < -0.4 is 5.32 Å². The molecule has 0 aromatic heterocycles. The molecule has 2 aliphatic heterocycles. The van der Waals surface area contributed by atoms with Gasteiger partial charge in [0.15, 0.2) is 0 Å². The molecule has 0 aliphatic carbocycles. The number of nitrogens with one attached hydrogen (secondary N) is 1. The lowest BCUT2D eigenvalue weighted by Gasteiger charge is -2.29. The fraction of sp³-hybridized carbons (Fsp3) is 0.400. The Morgan fingerprint density at radius 3 is 2.93 bits per heavy atom. The summed E-state index contributed by atoms with van der Waals surface area (Å²) in [5, 5.41) is 2.29. The summed E-state index contributed by atoms with van der Waals surface area (Å²) in [7, 11) is 0. The van der Waals surface area contributed by atoms with E-state index < -0.39 is 11.9 Å². The van der Waals surface area contributed by atoms with Crippen molar-refractivity contribution in [1.82, 2.24) is 10.2 Å². The van der Waals surface area contributed by atoms with E-state index in [2.05, 4.69) is 17.2 Å². The van der Waals surface area contributed by atoms with E-state index in [-0.39, 0.29) is 24.8 Å². The first-order chi connectivity index (χ1) is 13.1. The predicted octanol–water partition coefficient (Wildman–Crippen LogP) is 0.795. The normalized spacial score (nSPS) is 18.6. The third-order valence-electron chi connectivity index (χ3n) is 4.59. The molecule has 7 nitrogen and oxygen atoms in total. The predicted molar refractivity (Wildman–Crippen MR) is 95.5 cm³/mol. The number of amides is 3. The highest BCUT2D eigenvalue weighted by molar-refractivity contribution is 6.05. The highest BCUT2D eigenvalue weighted by atomic mass is 16.5. The molecule has 2 heterocycles. The Bertz CT molecular complexity index is 837. The van der Waals surface area contributed by atoms with Crippen LogP contribution >= 0.6 is 0 Å². The Morgan fingerprint density at radius 2 is 2.15 bits per heavy atom. The van der Waals surface area contributed by atoms with Crippen LogP contribution in [0, 0.1) is 11.8 Å². The summed E-state index contributed by atoms with van der Waals surface area (Å²) in [5.41, 5.74) is 2.06. The number of piperidine rings is 1. The number of benzene rings is 1. The smallest absolute Gasteiger partial charge is 0.255 e. The molecule has 1 aromatic rings. The average Bonchev–Trinajstić information content (AvgIpc) is 2.98. The second kappa shape index (κ2) is 8.60. The summed E-state index contributed by atoms with van der Waals surface area (Å²) in [5.74, 6) is 4.99. The van der Waals surface area contributed by atoms with E-state index in [9.17, 15) is 19.2 Å². The number of ether oxygens (including phenoxy) is 1. The summed E-state index contributed by atoms with van der Waals surface area (Å²) >= 11 is 0. The molecule has 3 amide bonds. The molecule has 0 bridgehead atoms. The van der Waals surface area contributed by atoms with Crippen LogP contribution in [-0.2, 0) is 25.7 Å². The molecule has 0 spiro atoms. The van der Waals surface area contributed by atoms with Crippen LogP contribution in [0.15, 0.2) is 18.2 Å². The Kier molecular flexibility index (Phi) is 5.99. The third-order valence-corrected chi connectivity index (χ3v) is 4.59. The van der Waals surface area contributed by atoms with E-state index in [0.29, 0.717) is 38.0 Å². The van der Waals surface area contributed by atoms with Crippen molar-refractivity contribution in [2.45, 2.75) is 38.3 Å². The van der Waals surface area contributed by atoms with Gasteiger partial charge < -0.3 is 14.4 Å². The lowest BCUT2D eigenvalue weighted by Crippen LogP contribution is -2.52. The van der Waals surface area contributed by atoms with Crippen molar-refractivity contribution < 1.29 is 23.9 Å². The van der Waals surface area contributed by atoms with Crippen LogP contribution in [0.1, 0.15) is 47.2 Å². The molecule has 1 fully saturated rings. The molecule has 1 atom stereocenters. The van der Waals surface area contributed by atoms with Crippen molar-refractivity contribution in [2.75, 3.05) is 13.2 Å². The van der Waals surface area contributed by atoms with Gasteiger partial charge in [-0.15, -0.1) is 0 Å². The number of rotatable bonds is 6. The van der Waals surface area contributed by atoms with Crippen LogP contribution in [0.2, 0.25) is 0 Å². The van der Waals surface area contributed by atoms with Gasteiger partial charge in [-0.2, -0.15) is 0 Å². The molecule has 140 valence electrons. The van der Waals surface area contributed by atoms with Gasteiger partial charge in [0.05, 0.1) is 0 Å². The summed E-state index contributed by atoms with van der Waals surface area (Å²) in [6.45, 7) is 1.01. The molecule has 27 heavy (non-hydrogen) atoms. The number of imide groups is 1. The van der Waals surface area contributed by atoms with Crippen molar-refractivity contribution in [1.29, 1.82) is 0 Å². The van der Waals surface area contributed by atoms with Gasteiger partial charge in [0.2, 0.25) is 11.8 Å². The van der Waals surface area contributed by atoms with Crippen LogP contribution in [-0.4, -0.2) is 48.2 Å². The number of fused-ring (bicyclic) bond motifs is 1. The topological polar surface area (TPSA) is 92.8 Å². The third kappa shape index (κ3) is 4.23. The maximum absolute atomic E-state index is 12.7. The van der Waals surface area contributed by atoms with E-state index in [0.717, 1.165) is 17.4 Å². The zero-order chi connectivity index (χ0) is 19.2. The van der Waals surface area contributed by atoms with Crippen molar-refractivity contribution in [3.8, 4) is 11.8 Å². The Morgan fingerprint density at radius 1 is 1.30 bits per heavy atom. The summed E-state index contributed by atoms with van der Waals surface area (Å²) in [6.07, 6.45) is 2.55. The minimum Gasteiger partial charge on any atom is -0.369 e. The first-order valence-corrected chi connectivity index (χ1v) is 8.88. The zero-order valence-corrected chi connectivity index (χ0v) is 14.8. The molecule has 3 rings (SSSR count). The van der Waals surface area contributed by atoms with Crippen LogP contribution in [0.4, 0.5) is 0 Å². The van der Waals surface area contributed by atoms with Crippen molar-refractivity contribution >= 4 is 24.0 Å². The van der Waals surface area contributed by atoms with Gasteiger partial charge in [-0.25, -0.2) is 0 Å². The lowest BCUT2D eigenvalue weighted by atomic mass is 10.0. The van der Waals surface area contributed by atoms with Gasteiger partial charge in [-0.05, 0) is 30.5 Å². The molecule has 2 aliphatic rings. The van der Waals surface area contributed by atoms with Gasteiger partial charge >= 0.3 is 0 Å². The Balaban J connectivity index is 1.68. The number of carbonyl (C=O) groups excluding carboxylic acids is 4. The van der Waals surface area contributed by atoms with Crippen LogP contribution in [0.5, 0.6) is 0 Å². The molecular weight excluding hydrogens is 348 g/mol. The number of hydrogen-bond acceptors (Lipinski definition) is 5. The number of unbranched alkanes of at least 4 members (excludes halogenated alkanes) is 1. The number of aldehydes is 1. The minimum absolute atomic E-state index is 0.215. The van der Waals surface area contributed by atoms with E-state index >= 15 is 0 Å². The van der Waals surface area contributed by atoms with Crippen molar-refractivity contribution in [3.05, 3.63) is 34.9 Å². The largest absolute Gasteiger partial charge is 0.369 e. The maximum atomic E-state index is 12.7. The molecule has 1 saturated heterocycles. The van der Waals surface area contributed by atoms with E-state index in [1.165, 1.54) is 4.90 Å². The Labute approximate surface area is 157 Å². The monoisotopic (exact) mass is 368 g/mol. The lowest BCUT2D eigenvalue weighted by molar-refractivity contribution is -0.136. The number of carbonyl (C=O) groups is 4. The second-order valence-electron chi connectivity index (χ2n) is 6.39. The Hall–Kier alpha value is -2.98. The van der Waals surface area contributed by atoms with Gasteiger partial charge in [-0.1, -0.05) is 17.9 Å². The van der Waals surface area contributed by atoms with Crippen molar-refractivity contribution in [3.63, 3.8) is 0 Å². The highest BCUT2D eigenvalue weighted by Gasteiger charge is 2.39. The van der Waals surface area contributed by atoms with Crippen molar-refractivity contribution in [2.24, 2.45) is 0 Å². The average molecular weight is 368 g/mol. The highest BCUT2D eigenvalue weighted by Crippen LogP contribution is 2.29. The number of hydrogen-bond donors (Lipinski definition) is 1. The molecule has 1 aromatic carbocycles. The molecular formula is C20H20N2O5. The van der Waals surface area contributed by atoms with Gasteiger partial charge in [0.1, 0.15) is 18.9 Å². The van der Waals surface area contributed by atoms with E-state index in [4.69, 9.17) is 4.74 Å². The molecule has 0 radical (unpaired) electrons. The van der Waals surface area contributed by atoms with Crippen LogP contribution in [0.25, 0.3) is 0 Å². The first-order valence-electron chi connectivity index (χ1n) is 8.88. The van der Waals surface area contributed by atoms with E-state index in [1.54, 1.807) is 12.1 Å². The minimum atomic E-state index is -0.635. The molecule has 1 N–H and O–H groups in total. The molecule has 7 heteroatoms. The quantitative estimate of drug-likeness (QED) is 0.347. The summed E-state index contributed by atoms with van der Waals surface area (Å²) in [4.78, 5) is 47.9. The SMILES string of the molecule is O=CCCCOCC#Cc1cccc2c1CN(C1CCC(=O)NC1=O)C2=O. The number of nitrogens with zero attached hydrogens (tertiary/aromatic N) is 1. The summed E-state index contributed by atoms with van der Waals surface area (Å²) in [6, 6.07) is 4.69. The maximum Gasteiger partial charge on any atom is 0.255 e. The van der Waals surface area contributed by atoms with Gasteiger partial charge in [-0.3, -0.25) is 19.7 Å². The molecule has 0 saturated carbocycles.